The van der Waals surface area contributed by atoms with Crippen molar-refractivity contribution < 1.29 is 9.53 Å². The van der Waals surface area contributed by atoms with E-state index < -0.39 is 0 Å². The van der Waals surface area contributed by atoms with Gasteiger partial charge in [0, 0.05) is 4.47 Å². The molecule has 0 fully saturated rings. The normalized spacial score (nSPS) is 12.4. The van der Waals surface area contributed by atoms with Crippen LogP contribution in [0.1, 0.15) is 25.3 Å². The molecule has 0 aliphatic heterocycles. The van der Waals surface area contributed by atoms with Gasteiger partial charge in [-0.1, -0.05) is 46.3 Å². The predicted molar refractivity (Wildman–Crippen MR) is 76.7 cm³/mol. The Morgan fingerprint density at radius 3 is 2.78 bits per heavy atom. The number of ether oxygens (including phenoxy) is 1. The summed E-state index contributed by atoms with van der Waals surface area (Å²) in [7, 11) is 0. The van der Waals surface area contributed by atoms with Crippen LogP contribution in [-0.4, -0.2) is 12.6 Å². The fourth-order valence-corrected chi connectivity index (χ4v) is 2.56. The van der Waals surface area contributed by atoms with Crippen molar-refractivity contribution in [1.82, 2.24) is 0 Å². The minimum atomic E-state index is -0.245. The zero-order valence-corrected chi connectivity index (χ0v) is 12.0. The van der Waals surface area contributed by atoms with E-state index in [1.165, 1.54) is 0 Å². The van der Waals surface area contributed by atoms with Crippen LogP contribution in [0.25, 0.3) is 10.8 Å². The lowest BCUT2D eigenvalue weighted by Gasteiger charge is -2.12. The van der Waals surface area contributed by atoms with Gasteiger partial charge in [0.2, 0.25) is 0 Å². The van der Waals surface area contributed by atoms with Gasteiger partial charge in [0.1, 0.15) is 0 Å². The third kappa shape index (κ3) is 2.56. The van der Waals surface area contributed by atoms with E-state index in [0.29, 0.717) is 6.61 Å². The molecule has 0 aromatic heterocycles. The first kappa shape index (κ1) is 13.1. The van der Waals surface area contributed by atoms with Crippen LogP contribution in [0.3, 0.4) is 0 Å². The molecule has 94 valence electrons. The van der Waals surface area contributed by atoms with Crippen LogP contribution in [0, 0.1) is 0 Å². The molecule has 3 heteroatoms. The minimum absolute atomic E-state index is 0.181. The van der Waals surface area contributed by atoms with Gasteiger partial charge in [-0.25, -0.2) is 0 Å². The molecule has 0 N–H and O–H groups in total. The molecule has 0 aliphatic carbocycles. The van der Waals surface area contributed by atoms with E-state index in [1.54, 1.807) is 0 Å². The van der Waals surface area contributed by atoms with Crippen molar-refractivity contribution in [3.05, 3.63) is 46.4 Å². The van der Waals surface area contributed by atoms with Gasteiger partial charge >= 0.3 is 5.97 Å². The second-order valence-corrected chi connectivity index (χ2v) is 5.05. The van der Waals surface area contributed by atoms with Gasteiger partial charge in [0.15, 0.2) is 0 Å². The van der Waals surface area contributed by atoms with E-state index in [1.807, 2.05) is 44.2 Å². The van der Waals surface area contributed by atoms with Crippen molar-refractivity contribution in [2.24, 2.45) is 0 Å². The molecule has 2 aromatic rings. The summed E-state index contributed by atoms with van der Waals surface area (Å²) in [6.07, 6.45) is 0. The van der Waals surface area contributed by atoms with Gasteiger partial charge in [-0.3, -0.25) is 4.79 Å². The first-order chi connectivity index (χ1) is 8.63. The smallest absolute Gasteiger partial charge is 0.313 e. The molecular formula is C15H15BrO2. The van der Waals surface area contributed by atoms with Gasteiger partial charge in [-0.05, 0) is 36.2 Å². The summed E-state index contributed by atoms with van der Waals surface area (Å²) in [5.41, 5.74) is 0.971. The number of hydrogen-bond acceptors (Lipinski definition) is 2. The summed E-state index contributed by atoms with van der Waals surface area (Å²) in [4.78, 5) is 11.8. The fourth-order valence-electron chi connectivity index (χ4n) is 1.94. The second-order valence-electron chi connectivity index (χ2n) is 4.20. The maximum Gasteiger partial charge on any atom is 0.313 e. The Morgan fingerprint density at radius 1 is 1.33 bits per heavy atom. The largest absolute Gasteiger partial charge is 0.466 e. The van der Waals surface area contributed by atoms with Crippen molar-refractivity contribution in [2.75, 3.05) is 6.61 Å². The van der Waals surface area contributed by atoms with Crippen molar-refractivity contribution >= 4 is 32.7 Å². The third-order valence-corrected chi connectivity index (χ3v) is 3.63. The summed E-state index contributed by atoms with van der Waals surface area (Å²) in [5.74, 6) is -0.425. The van der Waals surface area contributed by atoms with Crippen molar-refractivity contribution in [2.45, 2.75) is 19.8 Å². The topological polar surface area (TPSA) is 26.3 Å². The summed E-state index contributed by atoms with van der Waals surface area (Å²) in [6.45, 7) is 4.10. The molecule has 0 radical (unpaired) electrons. The Labute approximate surface area is 115 Å². The first-order valence-corrected chi connectivity index (χ1v) is 6.77. The van der Waals surface area contributed by atoms with Gasteiger partial charge in [-0.15, -0.1) is 0 Å². The number of carbonyl (C=O) groups excluding carboxylic acids is 1. The minimum Gasteiger partial charge on any atom is -0.466 e. The Bertz CT molecular complexity index is 578. The van der Waals surface area contributed by atoms with Crippen LogP contribution in [0.4, 0.5) is 0 Å². The lowest BCUT2D eigenvalue weighted by Crippen LogP contribution is -2.12. The number of benzene rings is 2. The molecule has 0 aliphatic rings. The maximum atomic E-state index is 11.8. The van der Waals surface area contributed by atoms with Crippen LogP contribution >= 0.6 is 15.9 Å². The Morgan fingerprint density at radius 2 is 2.06 bits per heavy atom. The molecule has 0 bridgehead atoms. The highest BCUT2D eigenvalue weighted by molar-refractivity contribution is 9.10. The molecule has 0 heterocycles. The summed E-state index contributed by atoms with van der Waals surface area (Å²) in [6, 6.07) is 12.1. The molecule has 18 heavy (non-hydrogen) atoms. The summed E-state index contributed by atoms with van der Waals surface area (Å²) in [5, 5.41) is 2.27. The molecule has 2 rings (SSSR count). The number of halogens is 1. The van der Waals surface area contributed by atoms with E-state index in [-0.39, 0.29) is 11.9 Å². The number of carbonyl (C=O) groups is 1. The quantitative estimate of drug-likeness (QED) is 0.792. The molecule has 0 amide bonds. The number of rotatable bonds is 3. The lowest BCUT2D eigenvalue weighted by molar-refractivity contribution is -0.144. The SMILES string of the molecule is CCOC(=O)C(C)c1cc(Br)c2ccccc2c1. The Balaban J connectivity index is 2.43. The van der Waals surface area contributed by atoms with Gasteiger partial charge in [0.05, 0.1) is 12.5 Å². The number of esters is 1. The average molecular weight is 307 g/mol. The molecule has 1 unspecified atom stereocenters. The molecular weight excluding hydrogens is 292 g/mol. The molecule has 0 saturated carbocycles. The molecule has 1 atom stereocenters. The predicted octanol–water partition coefficient (Wildman–Crippen LogP) is 4.27. The average Bonchev–Trinajstić information content (AvgIpc) is 2.38. The highest BCUT2D eigenvalue weighted by Crippen LogP contribution is 2.29. The van der Waals surface area contributed by atoms with E-state index in [4.69, 9.17) is 4.74 Å². The van der Waals surface area contributed by atoms with Gasteiger partial charge in [0.25, 0.3) is 0 Å². The van der Waals surface area contributed by atoms with Crippen molar-refractivity contribution in [1.29, 1.82) is 0 Å². The molecule has 0 saturated heterocycles. The monoisotopic (exact) mass is 306 g/mol. The third-order valence-electron chi connectivity index (χ3n) is 2.97. The second kappa shape index (κ2) is 5.53. The summed E-state index contributed by atoms with van der Waals surface area (Å²) < 4.78 is 6.06. The standard InChI is InChI=1S/C15H15BrO2/c1-3-18-15(17)10(2)12-8-11-6-4-5-7-13(11)14(16)9-12/h4-10H,3H2,1-2H3. The van der Waals surface area contributed by atoms with E-state index in [0.717, 1.165) is 20.8 Å². The van der Waals surface area contributed by atoms with Crippen molar-refractivity contribution in [3.8, 4) is 0 Å². The van der Waals surface area contributed by atoms with Crippen LogP contribution < -0.4 is 0 Å². The number of hydrogen-bond donors (Lipinski definition) is 0. The highest BCUT2D eigenvalue weighted by atomic mass is 79.9. The van der Waals surface area contributed by atoms with Crippen LogP contribution in [0.5, 0.6) is 0 Å². The van der Waals surface area contributed by atoms with E-state index in [9.17, 15) is 4.79 Å². The zero-order valence-electron chi connectivity index (χ0n) is 10.4. The van der Waals surface area contributed by atoms with Gasteiger partial charge < -0.3 is 4.74 Å². The molecule has 2 aromatic carbocycles. The maximum absolute atomic E-state index is 11.8. The van der Waals surface area contributed by atoms with E-state index >= 15 is 0 Å². The number of fused-ring (bicyclic) bond motifs is 1. The van der Waals surface area contributed by atoms with E-state index in [2.05, 4.69) is 22.0 Å². The lowest BCUT2D eigenvalue weighted by atomic mass is 9.98. The van der Waals surface area contributed by atoms with Crippen molar-refractivity contribution in [3.63, 3.8) is 0 Å². The fraction of sp³-hybridized carbons (Fsp3) is 0.267. The van der Waals surface area contributed by atoms with Crippen LogP contribution in [0.2, 0.25) is 0 Å². The van der Waals surface area contributed by atoms with Crippen LogP contribution in [-0.2, 0) is 9.53 Å². The summed E-state index contributed by atoms with van der Waals surface area (Å²) >= 11 is 3.55. The Kier molecular flexibility index (Phi) is 4.02. The molecule has 2 nitrogen and oxygen atoms in total. The van der Waals surface area contributed by atoms with Crippen LogP contribution in [0.15, 0.2) is 40.9 Å². The first-order valence-electron chi connectivity index (χ1n) is 5.98. The highest BCUT2D eigenvalue weighted by Gasteiger charge is 2.17. The zero-order chi connectivity index (χ0) is 13.1. The molecule has 0 spiro atoms. The Hall–Kier alpha value is -1.35. The van der Waals surface area contributed by atoms with Gasteiger partial charge in [-0.2, -0.15) is 0 Å².